The quantitative estimate of drug-likeness (QED) is 0.200. The van der Waals surface area contributed by atoms with E-state index in [0.717, 1.165) is 11.1 Å². The number of imidazole rings is 1. The normalized spacial score (nSPS) is 11.6. The number of H-pyrrole nitrogens is 2. The Bertz CT molecular complexity index is 1710. The van der Waals surface area contributed by atoms with E-state index in [-0.39, 0.29) is 35.4 Å². The van der Waals surface area contributed by atoms with Gasteiger partial charge in [-0.3, -0.25) is 4.79 Å². The van der Waals surface area contributed by atoms with Gasteiger partial charge in [-0.2, -0.15) is 0 Å². The zero-order valence-corrected chi connectivity index (χ0v) is 21.6. The highest BCUT2D eigenvalue weighted by Gasteiger charge is 2.25. The van der Waals surface area contributed by atoms with Gasteiger partial charge < -0.3 is 24.9 Å². The fourth-order valence-corrected chi connectivity index (χ4v) is 4.30. The van der Waals surface area contributed by atoms with Gasteiger partial charge in [0.2, 0.25) is 11.2 Å². The molecule has 0 spiro atoms. The number of hydrogen-bond donors (Lipinski definition) is 3. The highest BCUT2D eigenvalue weighted by atomic mass is 16.6. The third-order valence-electron chi connectivity index (χ3n) is 6.25. The van der Waals surface area contributed by atoms with Crippen LogP contribution >= 0.6 is 0 Å². The lowest BCUT2D eigenvalue weighted by Crippen LogP contribution is -2.44. The molecule has 1 atom stereocenters. The lowest BCUT2D eigenvalue weighted by atomic mass is 10.1. The summed E-state index contributed by atoms with van der Waals surface area (Å²) >= 11 is 0. The SMILES string of the molecule is Cc1cc(OC(=O)C(Cc2ccccc2)NC(=O)OCc2ccccc2)cc2occ(-c3[nH]c(N)c[nH+]3)c(=O)c12. The number of carbonyl (C=O) groups excluding carboxylic acids is 2. The molecule has 0 radical (unpaired) electrons. The number of fused-ring (bicyclic) bond motifs is 1. The van der Waals surface area contributed by atoms with Gasteiger partial charge in [-0.1, -0.05) is 60.7 Å². The number of ether oxygens (including phenoxy) is 2. The van der Waals surface area contributed by atoms with Crippen LogP contribution in [0, 0.1) is 6.92 Å². The molecule has 0 saturated heterocycles. The molecule has 2 heterocycles. The number of alkyl carbamates (subject to hydrolysis) is 1. The number of nitrogens with one attached hydrogen (secondary N) is 3. The van der Waals surface area contributed by atoms with Crippen LogP contribution in [-0.4, -0.2) is 23.1 Å². The Morgan fingerprint density at radius 2 is 1.75 bits per heavy atom. The van der Waals surface area contributed by atoms with Crippen molar-refractivity contribution in [1.29, 1.82) is 0 Å². The van der Waals surface area contributed by atoms with Crippen LogP contribution < -0.4 is 26.2 Å². The standard InChI is InChI=1S/C30H26N4O6/c1-18-12-21(14-24-26(18)27(35)22(17-38-24)28-32-15-25(31)34-28)40-29(36)23(13-19-8-4-2-5-9-19)33-30(37)39-16-20-10-6-3-7-11-20/h2-12,14-15,17,23H,13,16,31H2,1H3,(H,32,34)(H,33,37)/p+1. The Labute approximate surface area is 228 Å². The first-order chi connectivity index (χ1) is 19.4. The van der Waals surface area contributed by atoms with Gasteiger partial charge in [-0.25, -0.2) is 19.6 Å². The largest absolute Gasteiger partial charge is 0.463 e. The second-order valence-corrected chi connectivity index (χ2v) is 9.21. The van der Waals surface area contributed by atoms with Crippen molar-refractivity contribution in [3.8, 4) is 17.1 Å². The van der Waals surface area contributed by atoms with Crippen molar-refractivity contribution in [3.63, 3.8) is 0 Å². The predicted octanol–water partition coefficient (Wildman–Crippen LogP) is 3.94. The van der Waals surface area contributed by atoms with Crippen LogP contribution in [-0.2, 0) is 22.6 Å². The number of nitrogen functional groups attached to an aromatic ring is 1. The van der Waals surface area contributed by atoms with Gasteiger partial charge in [0.1, 0.15) is 35.8 Å². The Morgan fingerprint density at radius 1 is 1.05 bits per heavy atom. The highest BCUT2D eigenvalue weighted by Crippen LogP contribution is 2.25. The Morgan fingerprint density at radius 3 is 2.42 bits per heavy atom. The summed E-state index contributed by atoms with van der Waals surface area (Å²) in [6, 6.07) is 20.4. The average molecular weight is 540 g/mol. The molecule has 40 heavy (non-hydrogen) atoms. The van der Waals surface area contributed by atoms with Crippen molar-refractivity contribution >= 4 is 28.8 Å². The molecule has 1 amide bonds. The smallest absolute Gasteiger partial charge is 0.408 e. The fraction of sp³-hybridized carbons (Fsp3) is 0.133. The predicted molar refractivity (Wildman–Crippen MR) is 147 cm³/mol. The third kappa shape index (κ3) is 6.02. The van der Waals surface area contributed by atoms with Crippen molar-refractivity contribution < 1.29 is 28.5 Å². The fourth-order valence-electron chi connectivity index (χ4n) is 4.30. The second-order valence-electron chi connectivity index (χ2n) is 9.21. The van der Waals surface area contributed by atoms with Crippen LogP contribution in [0.15, 0.2) is 94.5 Å². The monoisotopic (exact) mass is 539 g/mol. The number of aromatic amines is 2. The highest BCUT2D eigenvalue weighted by molar-refractivity contribution is 5.87. The van der Waals surface area contributed by atoms with Crippen molar-refractivity contribution in [2.24, 2.45) is 0 Å². The van der Waals surface area contributed by atoms with Gasteiger partial charge in [0, 0.05) is 12.5 Å². The van der Waals surface area contributed by atoms with Gasteiger partial charge in [-0.15, -0.1) is 0 Å². The van der Waals surface area contributed by atoms with E-state index in [9.17, 15) is 14.4 Å². The summed E-state index contributed by atoms with van der Waals surface area (Å²) in [4.78, 5) is 44.8. The molecule has 0 fully saturated rings. The molecule has 0 aliphatic rings. The molecule has 0 saturated carbocycles. The van der Waals surface area contributed by atoms with Crippen LogP contribution in [0.25, 0.3) is 22.4 Å². The van der Waals surface area contributed by atoms with Crippen LogP contribution in [0.2, 0.25) is 0 Å². The van der Waals surface area contributed by atoms with Gasteiger partial charge in [0.25, 0.3) is 5.82 Å². The minimum atomic E-state index is -1.04. The maximum Gasteiger partial charge on any atom is 0.408 e. The van der Waals surface area contributed by atoms with Crippen molar-refractivity contribution in [2.75, 3.05) is 5.73 Å². The van der Waals surface area contributed by atoms with Crippen LogP contribution in [0.4, 0.5) is 10.6 Å². The molecular weight excluding hydrogens is 512 g/mol. The number of benzene rings is 3. The van der Waals surface area contributed by atoms with Crippen molar-refractivity contribution in [3.05, 3.63) is 112 Å². The Hall–Kier alpha value is -5.38. The van der Waals surface area contributed by atoms with Crippen LogP contribution in [0.3, 0.4) is 0 Å². The summed E-state index contributed by atoms with van der Waals surface area (Å²) in [5.41, 5.74) is 8.14. The summed E-state index contributed by atoms with van der Waals surface area (Å²) in [7, 11) is 0. The third-order valence-corrected chi connectivity index (χ3v) is 6.25. The molecule has 5 N–H and O–H groups in total. The maximum atomic E-state index is 13.3. The van der Waals surface area contributed by atoms with Gasteiger partial charge in [0.15, 0.2) is 6.20 Å². The first kappa shape index (κ1) is 26.2. The van der Waals surface area contributed by atoms with E-state index in [0.29, 0.717) is 22.6 Å². The summed E-state index contributed by atoms with van der Waals surface area (Å²) in [5, 5.41) is 2.95. The van der Waals surface area contributed by atoms with Gasteiger partial charge in [-0.05, 0) is 29.7 Å². The molecule has 3 aromatic carbocycles. The molecule has 2 aromatic heterocycles. The number of rotatable bonds is 8. The van der Waals surface area contributed by atoms with Crippen LogP contribution in [0.1, 0.15) is 16.7 Å². The minimum Gasteiger partial charge on any atom is -0.463 e. The zero-order valence-electron chi connectivity index (χ0n) is 21.6. The number of nitrogens with two attached hydrogens (primary N) is 1. The molecular formula is C30H27N4O6+. The Kier molecular flexibility index (Phi) is 7.58. The first-order valence-electron chi connectivity index (χ1n) is 12.5. The number of amides is 1. The summed E-state index contributed by atoms with van der Waals surface area (Å²) in [6.07, 6.45) is 2.27. The minimum absolute atomic E-state index is 0.0531. The number of esters is 1. The van der Waals surface area contributed by atoms with E-state index in [1.165, 1.54) is 18.5 Å². The number of carbonyl (C=O) groups is 2. The van der Waals surface area contributed by atoms with E-state index in [1.807, 2.05) is 60.7 Å². The molecule has 0 bridgehead atoms. The van der Waals surface area contributed by atoms with Gasteiger partial charge in [0.05, 0.1) is 5.39 Å². The number of aryl methyl sites for hydroxylation is 1. The van der Waals surface area contributed by atoms with Gasteiger partial charge >= 0.3 is 12.1 Å². The summed E-state index contributed by atoms with van der Waals surface area (Å²) in [5.74, 6) is 0.252. The second kappa shape index (κ2) is 11.6. The molecule has 0 aliphatic heterocycles. The topological polar surface area (TPSA) is 151 Å². The maximum absolute atomic E-state index is 13.3. The molecule has 10 nitrogen and oxygen atoms in total. The Balaban J connectivity index is 1.36. The van der Waals surface area contributed by atoms with Crippen LogP contribution in [0.5, 0.6) is 5.75 Å². The van der Waals surface area contributed by atoms with Crippen molar-refractivity contribution in [1.82, 2.24) is 10.3 Å². The van der Waals surface area contributed by atoms with E-state index >= 15 is 0 Å². The van der Waals surface area contributed by atoms with Crippen molar-refractivity contribution in [2.45, 2.75) is 26.0 Å². The number of hydrogen-bond acceptors (Lipinski definition) is 7. The van der Waals surface area contributed by atoms with E-state index in [4.69, 9.17) is 19.6 Å². The molecule has 5 rings (SSSR count). The molecule has 1 unspecified atom stereocenters. The lowest BCUT2D eigenvalue weighted by Gasteiger charge is -2.18. The van der Waals surface area contributed by atoms with E-state index in [1.54, 1.807) is 13.0 Å². The molecule has 5 aromatic rings. The number of aromatic nitrogens is 2. The zero-order chi connectivity index (χ0) is 28.1. The molecule has 0 aliphatic carbocycles. The summed E-state index contributed by atoms with van der Waals surface area (Å²) in [6.45, 7) is 1.77. The lowest BCUT2D eigenvalue weighted by molar-refractivity contribution is -0.361. The molecule has 10 heteroatoms. The average Bonchev–Trinajstić information content (AvgIpc) is 3.38. The summed E-state index contributed by atoms with van der Waals surface area (Å²) < 4.78 is 16.7. The van der Waals surface area contributed by atoms with E-state index < -0.39 is 18.1 Å². The number of anilines is 1. The first-order valence-corrected chi connectivity index (χ1v) is 12.5. The molecule has 202 valence electrons. The van der Waals surface area contributed by atoms with E-state index in [2.05, 4.69) is 15.3 Å².